The minimum absolute atomic E-state index is 0.565. The van der Waals surface area contributed by atoms with Gasteiger partial charge in [0, 0.05) is 6.04 Å². The summed E-state index contributed by atoms with van der Waals surface area (Å²) in [6.07, 6.45) is 8.12. The van der Waals surface area contributed by atoms with Crippen LogP contribution < -0.4 is 5.32 Å². The van der Waals surface area contributed by atoms with Crippen molar-refractivity contribution in [3.63, 3.8) is 0 Å². The standard InChI is InChI=1S/C15H21N5/c1-2-12-7-9-13(10-8-12)17-14-5-3-4-6-15(14)20-11-16-18-19-20/h3-6,11-13,17H,2,7-10H2,1H3. The number of benzene rings is 1. The van der Waals surface area contributed by atoms with E-state index in [-0.39, 0.29) is 0 Å². The van der Waals surface area contributed by atoms with Gasteiger partial charge in [-0.3, -0.25) is 0 Å². The van der Waals surface area contributed by atoms with Crippen molar-refractivity contribution < 1.29 is 0 Å². The van der Waals surface area contributed by atoms with Crippen molar-refractivity contribution in [1.82, 2.24) is 20.2 Å². The van der Waals surface area contributed by atoms with Gasteiger partial charge < -0.3 is 5.32 Å². The molecular weight excluding hydrogens is 250 g/mol. The Labute approximate surface area is 119 Å². The van der Waals surface area contributed by atoms with E-state index in [1.54, 1.807) is 11.0 Å². The smallest absolute Gasteiger partial charge is 0.143 e. The van der Waals surface area contributed by atoms with Crippen LogP contribution in [0.4, 0.5) is 5.69 Å². The quantitative estimate of drug-likeness (QED) is 0.928. The first-order valence-corrected chi connectivity index (χ1v) is 7.45. The molecule has 106 valence electrons. The number of tetrazole rings is 1. The lowest BCUT2D eigenvalue weighted by molar-refractivity contribution is 0.330. The van der Waals surface area contributed by atoms with Gasteiger partial charge in [-0.1, -0.05) is 25.5 Å². The summed E-state index contributed by atoms with van der Waals surface area (Å²) in [5, 5.41) is 15.1. The second kappa shape index (κ2) is 6.03. The predicted octanol–water partition coefficient (Wildman–Crippen LogP) is 3.04. The number of rotatable bonds is 4. The van der Waals surface area contributed by atoms with Crippen LogP contribution in [0.3, 0.4) is 0 Å². The van der Waals surface area contributed by atoms with Crippen LogP contribution in [0.15, 0.2) is 30.6 Å². The van der Waals surface area contributed by atoms with Crippen molar-refractivity contribution in [1.29, 1.82) is 0 Å². The van der Waals surface area contributed by atoms with Gasteiger partial charge in [0.25, 0.3) is 0 Å². The molecule has 0 amide bonds. The van der Waals surface area contributed by atoms with E-state index in [1.165, 1.54) is 32.1 Å². The molecule has 2 aromatic rings. The summed E-state index contributed by atoms with van der Waals surface area (Å²) in [6, 6.07) is 8.76. The summed E-state index contributed by atoms with van der Waals surface area (Å²) in [6.45, 7) is 2.30. The number of anilines is 1. The average molecular weight is 271 g/mol. The number of nitrogens with zero attached hydrogens (tertiary/aromatic N) is 4. The van der Waals surface area contributed by atoms with Crippen LogP contribution in [0.2, 0.25) is 0 Å². The Morgan fingerprint density at radius 2 is 2.00 bits per heavy atom. The molecule has 5 heteroatoms. The van der Waals surface area contributed by atoms with Crippen LogP contribution in [0, 0.1) is 5.92 Å². The van der Waals surface area contributed by atoms with Gasteiger partial charge in [0.15, 0.2) is 0 Å². The minimum Gasteiger partial charge on any atom is -0.381 e. The van der Waals surface area contributed by atoms with E-state index in [4.69, 9.17) is 0 Å². The van der Waals surface area contributed by atoms with Gasteiger partial charge in [0.1, 0.15) is 6.33 Å². The number of para-hydroxylation sites is 2. The van der Waals surface area contributed by atoms with Crippen LogP contribution in [0.1, 0.15) is 39.0 Å². The highest BCUT2D eigenvalue weighted by Gasteiger charge is 2.20. The number of nitrogens with one attached hydrogen (secondary N) is 1. The molecule has 0 saturated heterocycles. The lowest BCUT2D eigenvalue weighted by atomic mass is 9.84. The average Bonchev–Trinajstić information content (AvgIpc) is 3.03. The van der Waals surface area contributed by atoms with Crippen molar-refractivity contribution in [3.8, 4) is 5.69 Å². The second-order valence-electron chi connectivity index (χ2n) is 5.54. The Balaban J connectivity index is 1.72. The molecule has 1 aliphatic rings. The van der Waals surface area contributed by atoms with Crippen molar-refractivity contribution in [3.05, 3.63) is 30.6 Å². The zero-order valence-electron chi connectivity index (χ0n) is 11.9. The maximum absolute atomic E-state index is 3.98. The SMILES string of the molecule is CCC1CCC(Nc2ccccc2-n2cnnn2)CC1. The largest absolute Gasteiger partial charge is 0.381 e. The Kier molecular flexibility index (Phi) is 3.95. The Bertz CT molecular complexity index is 529. The van der Waals surface area contributed by atoms with E-state index in [0.717, 1.165) is 17.3 Å². The van der Waals surface area contributed by atoms with E-state index in [0.29, 0.717) is 6.04 Å². The summed E-state index contributed by atoms with van der Waals surface area (Å²) in [5.74, 6) is 0.919. The van der Waals surface area contributed by atoms with E-state index < -0.39 is 0 Å². The Hall–Kier alpha value is -1.91. The third-order valence-corrected chi connectivity index (χ3v) is 4.28. The van der Waals surface area contributed by atoms with Gasteiger partial charge in [-0.25, -0.2) is 0 Å². The van der Waals surface area contributed by atoms with Crippen LogP contribution in [0.25, 0.3) is 5.69 Å². The van der Waals surface area contributed by atoms with Crippen molar-refractivity contribution in [2.75, 3.05) is 5.32 Å². The number of aromatic nitrogens is 4. The highest BCUT2D eigenvalue weighted by Crippen LogP contribution is 2.29. The van der Waals surface area contributed by atoms with Crippen molar-refractivity contribution >= 4 is 5.69 Å². The fourth-order valence-corrected chi connectivity index (χ4v) is 3.00. The van der Waals surface area contributed by atoms with Crippen molar-refractivity contribution in [2.24, 2.45) is 5.92 Å². The first kappa shape index (κ1) is 13.1. The first-order valence-electron chi connectivity index (χ1n) is 7.45. The molecule has 1 aromatic carbocycles. The molecule has 0 spiro atoms. The van der Waals surface area contributed by atoms with E-state index in [9.17, 15) is 0 Å². The van der Waals surface area contributed by atoms with Gasteiger partial charge in [-0.05, 0) is 54.2 Å². The molecule has 1 aliphatic carbocycles. The minimum atomic E-state index is 0.565. The van der Waals surface area contributed by atoms with E-state index >= 15 is 0 Å². The summed E-state index contributed by atoms with van der Waals surface area (Å²) < 4.78 is 1.71. The molecule has 0 aliphatic heterocycles. The zero-order valence-corrected chi connectivity index (χ0v) is 11.9. The van der Waals surface area contributed by atoms with E-state index in [1.807, 2.05) is 18.2 Å². The highest BCUT2D eigenvalue weighted by molar-refractivity contribution is 5.60. The topological polar surface area (TPSA) is 55.6 Å². The fourth-order valence-electron chi connectivity index (χ4n) is 3.00. The molecule has 0 atom stereocenters. The molecule has 0 bridgehead atoms. The molecule has 1 aromatic heterocycles. The molecule has 1 fully saturated rings. The lowest BCUT2D eigenvalue weighted by Gasteiger charge is -2.29. The monoisotopic (exact) mass is 271 g/mol. The van der Waals surface area contributed by atoms with Gasteiger partial charge in [-0.15, -0.1) is 5.10 Å². The van der Waals surface area contributed by atoms with Gasteiger partial charge in [0.05, 0.1) is 11.4 Å². The third-order valence-electron chi connectivity index (χ3n) is 4.28. The summed E-state index contributed by atoms with van der Waals surface area (Å²) >= 11 is 0. The van der Waals surface area contributed by atoms with Gasteiger partial charge in [-0.2, -0.15) is 4.68 Å². The molecule has 5 nitrogen and oxygen atoms in total. The third kappa shape index (κ3) is 2.81. The molecule has 0 unspecified atom stereocenters. The maximum atomic E-state index is 3.98. The molecule has 1 heterocycles. The molecule has 1 N–H and O–H groups in total. The first-order chi connectivity index (χ1) is 9.86. The fraction of sp³-hybridized carbons (Fsp3) is 0.533. The Morgan fingerprint density at radius 3 is 2.70 bits per heavy atom. The van der Waals surface area contributed by atoms with Crippen LogP contribution >= 0.6 is 0 Å². The second-order valence-corrected chi connectivity index (χ2v) is 5.54. The normalized spacial score (nSPS) is 22.6. The summed E-state index contributed by atoms with van der Waals surface area (Å²) in [4.78, 5) is 0. The molecule has 3 rings (SSSR count). The number of hydrogen-bond donors (Lipinski definition) is 1. The molecule has 20 heavy (non-hydrogen) atoms. The lowest BCUT2D eigenvalue weighted by Crippen LogP contribution is -2.26. The Morgan fingerprint density at radius 1 is 1.20 bits per heavy atom. The van der Waals surface area contributed by atoms with Gasteiger partial charge in [0.2, 0.25) is 0 Å². The van der Waals surface area contributed by atoms with Crippen LogP contribution in [-0.2, 0) is 0 Å². The maximum Gasteiger partial charge on any atom is 0.143 e. The molecule has 1 saturated carbocycles. The highest BCUT2D eigenvalue weighted by atomic mass is 15.5. The zero-order chi connectivity index (χ0) is 13.8. The molecular formula is C15H21N5. The van der Waals surface area contributed by atoms with Gasteiger partial charge >= 0.3 is 0 Å². The molecule has 0 radical (unpaired) electrons. The van der Waals surface area contributed by atoms with E-state index in [2.05, 4.69) is 33.8 Å². The van der Waals surface area contributed by atoms with Crippen LogP contribution in [-0.4, -0.2) is 26.2 Å². The summed E-state index contributed by atoms with van der Waals surface area (Å²) in [7, 11) is 0. The van der Waals surface area contributed by atoms with Crippen molar-refractivity contribution in [2.45, 2.75) is 45.1 Å². The van der Waals surface area contributed by atoms with Crippen LogP contribution in [0.5, 0.6) is 0 Å². The number of hydrogen-bond acceptors (Lipinski definition) is 4. The summed E-state index contributed by atoms with van der Waals surface area (Å²) in [5.41, 5.74) is 2.12. The predicted molar refractivity (Wildman–Crippen MR) is 78.8 cm³/mol.